The molecule has 1 aliphatic heterocycles. The van der Waals surface area contributed by atoms with Crippen LogP contribution in [0.1, 0.15) is 5.56 Å². The molecular weight excluding hydrogens is 352 g/mol. The SMILES string of the molecule is N=C(N)c1c(Br)cccc1Sc1ccc2c(c1)OCCO2. The molecule has 0 fully saturated rings. The van der Waals surface area contributed by atoms with Crippen LogP contribution in [0.4, 0.5) is 0 Å². The summed E-state index contributed by atoms with van der Waals surface area (Å²) in [6.45, 7) is 1.15. The van der Waals surface area contributed by atoms with Gasteiger partial charge in [-0.15, -0.1) is 0 Å². The molecule has 4 nitrogen and oxygen atoms in total. The minimum atomic E-state index is 0.0440. The van der Waals surface area contributed by atoms with E-state index < -0.39 is 0 Å². The average Bonchev–Trinajstić information content (AvgIpc) is 2.47. The fourth-order valence-electron chi connectivity index (χ4n) is 2.06. The second-order valence-corrected chi connectivity index (χ2v) is 6.40. The zero-order valence-corrected chi connectivity index (χ0v) is 13.5. The van der Waals surface area contributed by atoms with Gasteiger partial charge in [0.2, 0.25) is 0 Å². The fraction of sp³-hybridized carbons (Fsp3) is 0.133. The lowest BCUT2D eigenvalue weighted by atomic mass is 10.2. The minimum absolute atomic E-state index is 0.0440. The van der Waals surface area contributed by atoms with Crippen molar-refractivity contribution >= 4 is 33.5 Å². The van der Waals surface area contributed by atoms with Gasteiger partial charge in [-0.3, -0.25) is 5.41 Å². The van der Waals surface area contributed by atoms with Crippen LogP contribution in [0.15, 0.2) is 50.7 Å². The number of nitrogens with two attached hydrogens (primary N) is 1. The highest BCUT2D eigenvalue weighted by atomic mass is 79.9. The summed E-state index contributed by atoms with van der Waals surface area (Å²) in [4.78, 5) is 1.94. The fourth-order valence-corrected chi connectivity index (χ4v) is 3.80. The largest absolute Gasteiger partial charge is 0.486 e. The summed E-state index contributed by atoms with van der Waals surface area (Å²) in [5.41, 5.74) is 6.38. The Kier molecular flexibility index (Phi) is 4.07. The third-order valence-electron chi connectivity index (χ3n) is 2.99. The third kappa shape index (κ3) is 3.01. The van der Waals surface area contributed by atoms with Crippen LogP contribution in [0.2, 0.25) is 0 Å². The second-order valence-electron chi connectivity index (χ2n) is 4.43. The number of amidine groups is 1. The number of benzene rings is 2. The predicted molar refractivity (Wildman–Crippen MR) is 86.7 cm³/mol. The van der Waals surface area contributed by atoms with Gasteiger partial charge in [0.05, 0.1) is 0 Å². The van der Waals surface area contributed by atoms with Crippen molar-refractivity contribution in [3.05, 3.63) is 46.4 Å². The molecule has 0 amide bonds. The third-order valence-corrected chi connectivity index (χ3v) is 4.70. The van der Waals surface area contributed by atoms with E-state index in [2.05, 4.69) is 15.9 Å². The number of ether oxygens (including phenoxy) is 2. The summed E-state index contributed by atoms with van der Waals surface area (Å²) in [5.74, 6) is 1.57. The predicted octanol–water partition coefficient (Wildman–Crippen LogP) is 3.66. The van der Waals surface area contributed by atoms with Gasteiger partial charge in [-0.25, -0.2) is 0 Å². The monoisotopic (exact) mass is 364 g/mol. The van der Waals surface area contributed by atoms with Crippen LogP contribution >= 0.6 is 27.7 Å². The van der Waals surface area contributed by atoms with Gasteiger partial charge in [0.25, 0.3) is 0 Å². The summed E-state index contributed by atoms with van der Waals surface area (Å²) >= 11 is 4.99. The van der Waals surface area contributed by atoms with Gasteiger partial charge < -0.3 is 15.2 Å². The molecule has 3 rings (SSSR count). The lowest BCUT2D eigenvalue weighted by molar-refractivity contribution is 0.171. The minimum Gasteiger partial charge on any atom is -0.486 e. The molecule has 6 heteroatoms. The van der Waals surface area contributed by atoms with Gasteiger partial charge >= 0.3 is 0 Å². The van der Waals surface area contributed by atoms with E-state index >= 15 is 0 Å². The average molecular weight is 365 g/mol. The molecule has 0 atom stereocenters. The second kappa shape index (κ2) is 5.99. The van der Waals surface area contributed by atoms with Gasteiger partial charge in [0, 0.05) is 19.8 Å². The molecule has 1 heterocycles. The number of nitrogens with one attached hydrogen (secondary N) is 1. The number of hydrogen-bond donors (Lipinski definition) is 2. The molecule has 0 saturated carbocycles. The first kappa shape index (κ1) is 14.3. The van der Waals surface area contributed by atoms with Crippen LogP contribution in [0.25, 0.3) is 0 Å². The van der Waals surface area contributed by atoms with E-state index in [-0.39, 0.29) is 5.84 Å². The van der Waals surface area contributed by atoms with Gasteiger partial charge in [-0.2, -0.15) is 0 Å². The normalized spacial score (nSPS) is 13.0. The van der Waals surface area contributed by atoms with Crippen molar-refractivity contribution in [2.45, 2.75) is 9.79 Å². The zero-order chi connectivity index (χ0) is 14.8. The molecule has 0 saturated heterocycles. The van der Waals surface area contributed by atoms with Crippen molar-refractivity contribution in [3.8, 4) is 11.5 Å². The summed E-state index contributed by atoms with van der Waals surface area (Å²) < 4.78 is 11.9. The Balaban J connectivity index is 1.94. The Morgan fingerprint density at radius 2 is 1.90 bits per heavy atom. The lowest BCUT2D eigenvalue weighted by Crippen LogP contribution is -2.15. The van der Waals surface area contributed by atoms with Crippen molar-refractivity contribution in [1.82, 2.24) is 0 Å². The first-order chi connectivity index (χ1) is 10.1. The summed E-state index contributed by atoms with van der Waals surface area (Å²) in [7, 11) is 0. The van der Waals surface area contributed by atoms with E-state index in [1.54, 1.807) is 11.8 Å². The van der Waals surface area contributed by atoms with E-state index in [1.807, 2.05) is 36.4 Å². The molecule has 2 aromatic carbocycles. The van der Waals surface area contributed by atoms with Gasteiger partial charge in [0.15, 0.2) is 11.5 Å². The smallest absolute Gasteiger partial charge is 0.162 e. The molecule has 0 spiro atoms. The lowest BCUT2D eigenvalue weighted by Gasteiger charge is -2.19. The first-order valence-corrected chi connectivity index (χ1v) is 7.96. The van der Waals surface area contributed by atoms with Gasteiger partial charge in [-0.1, -0.05) is 17.8 Å². The van der Waals surface area contributed by atoms with E-state index in [9.17, 15) is 0 Å². The molecule has 0 unspecified atom stereocenters. The molecule has 2 aromatic rings. The van der Waals surface area contributed by atoms with Gasteiger partial charge in [-0.05, 0) is 46.3 Å². The number of halogens is 1. The number of nitrogen functional groups attached to an aromatic ring is 1. The summed E-state index contributed by atoms with van der Waals surface area (Å²) in [6, 6.07) is 11.6. The molecule has 1 aliphatic rings. The molecule has 0 radical (unpaired) electrons. The van der Waals surface area contributed by atoms with E-state index in [1.165, 1.54) is 0 Å². The summed E-state index contributed by atoms with van der Waals surface area (Å²) in [6.07, 6.45) is 0. The molecule has 0 aliphatic carbocycles. The Bertz CT molecular complexity index is 706. The highest BCUT2D eigenvalue weighted by Crippen LogP contribution is 2.38. The Hall–Kier alpha value is -1.66. The highest BCUT2D eigenvalue weighted by Gasteiger charge is 2.14. The van der Waals surface area contributed by atoms with Crippen LogP contribution in [-0.2, 0) is 0 Å². The Morgan fingerprint density at radius 1 is 1.14 bits per heavy atom. The molecule has 0 aromatic heterocycles. The van der Waals surface area contributed by atoms with Crippen molar-refractivity contribution < 1.29 is 9.47 Å². The molecule has 3 N–H and O–H groups in total. The maximum Gasteiger partial charge on any atom is 0.162 e. The number of hydrogen-bond acceptors (Lipinski definition) is 4. The van der Waals surface area contributed by atoms with Crippen LogP contribution in [-0.4, -0.2) is 19.0 Å². The quantitative estimate of drug-likeness (QED) is 0.644. The first-order valence-electron chi connectivity index (χ1n) is 6.35. The van der Waals surface area contributed by atoms with Crippen molar-refractivity contribution in [2.75, 3.05) is 13.2 Å². The Morgan fingerprint density at radius 3 is 2.67 bits per heavy atom. The van der Waals surface area contributed by atoms with Gasteiger partial charge in [0.1, 0.15) is 19.0 Å². The standard InChI is InChI=1S/C15H13BrN2O2S/c16-10-2-1-3-13(14(10)15(17)18)21-9-4-5-11-12(8-9)20-7-6-19-11/h1-5,8H,6-7H2,(H3,17,18). The van der Waals surface area contributed by atoms with Crippen LogP contribution in [0, 0.1) is 5.41 Å². The van der Waals surface area contributed by atoms with E-state index in [0.717, 1.165) is 25.8 Å². The van der Waals surface area contributed by atoms with Crippen molar-refractivity contribution in [2.24, 2.45) is 5.73 Å². The van der Waals surface area contributed by atoms with Crippen LogP contribution in [0.3, 0.4) is 0 Å². The van der Waals surface area contributed by atoms with Crippen LogP contribution in [0.5, 0.6) is 11.5 Å². The molecule has 108 valence electrons. The molecule has 21 heavy (non-hydrogen) atoms. The zero-order valence-electron chi connectivity index (χ0n) is 11.1. The maximum absolute atomic E-state index is 7.72. The Labute approximate surface area is 135 Å². The molecule has 0 bridgehead atoms. The van der Waals surface area contributed by atoms with Crippen molar-refractivity contribution in [3.63, 3.8) is 0 Å². The molecular formula is C15H13BrN2O2S. The van der Waals surface area contributed by atoms with E-state index in [0.29, 0.717) is 18.8 Å². The number of fused-ring (bicyclic) bond motifs is 1. The number of rotatable bonds is 3. The maximum atomic E-state index is 7.72. The van der Waals surface area contributed by atoms with E-state index in [4.69, 9.17) is 20.6 Å². The van der Waals surface area contributed by atoms with Crippen molar-refractivity contribution in [1.29, 1.82) is 5.41 Å². The van der Waals surface area contributed by atoms with Crippen LogP contribution < -0.4 is 15.2 Å². The topological polar surface area (TPSA) is 68.3 Å². The highest BCUT2D eigenvalue weighted by molar-refractivity contribution is 9.10. The summed E-state index contributed by atoms with van der Waals surface area (Å²) in [5, 5.41) is 7.72.